The van der Waals surface area contributed by atoms with Gasteiger partial charge in [0.2, 0.25) is 0 Å². The van der Waals surface area contributed by atoms with E-state index in [2.05, 4.69) is 103 Å². The molecule has 1 heterocycles. The third-order valence-electron chi connectivity index (χ3n) is 6.20. The molecule has 1 heteroatoms. The molecule has 124 valence electrons. The van der Waals surface area contributed by atoms with Crippen molar-refractivity contribution in [1.82, 2.24) is 0 Å². The molecule has 1 saturated heterocycles. The first-order valence-corrected chi connectivity index (χ1v) is 9.26. The third kappa shape index (κ3) is 2.08. The summed E-state index contributed by atoms with van der Waals surface area (Å²) in [5.74, 6) is 0.409. The normalized spacial score (nSPS) is 32.4. The smallest absolute Gasteiger partial charge is 0.0528 e. The van der Waals surface area contributed by atoms with E-state index in [0.29, 0.717) is 18.0 Å². The summed E-state index contributed by atoms with van der Waals surface area (Å²) in [6, 6.07) is 22.9. The van der Waals surface area contributed by atoms with Gasteiger partial charge in [-0.1, -0.05) is 78.9 Å². The fraction of sp³-hybridized carbons (Fsp3) is 0.250. The Morgan fingerprint density at radius 1 is 0.960 bits per heavy atom. The van der Waals surface area contributed by atoms with E-state index in [1.54, 1.807) is 0 Å². The summed E-state index contributed by atoms with van der Waals surface area (Å²) in [6.45, 7) is 2.38. The highest BCUT2D eigenvalue weighted by atomic mass is 15.2. The van der Waals surface area contributed by atoms with E-state index in [-0.39, 0.29) is 5.41 Å². The van der Waals surface area contributed by atoms with Gasteiger partial charge in [-0.2, -0.15) is 0 Å². The Morgan fingerprint density at radius 3 is 2.44 bits per heavy atom. The summed E-state index contributed by atoms with van der Waals surface area (Å²) >= 11 is 0. The zero-order chi connectivity index (χ0) is 16.9. The molecule has 25 heavy (non-hydrogen) atoms. The SMILES string of the molecule is CC1CC23C=CC=C2C=CC(c2ccccc2)C3N1c1ccccc1. The summed E-state index contributed by atoms with van der Waals surface area (Å²) in [7, 11) is 0. The van der Waals surface area contributed by atoms with E-state index < -0.39 is 0 Å². The largest absolute Gasteiger partial charge is 0.364 e. The molecule has 2 aromatic rings. The van der Waals surface area contributed by atoms with Crippen LogP contribution in [0.2, 0.25) is 0 Å². The summed E-state index contributed by atoms with van der Waals surface area (Å²) in [5.41, 5.74) is 4.38. The molecule has 2 aliphatic carbocycles. The molecular weight excluding hydrogens is 302 g/mol. The highest BCUT2D eigenvalue weighted by Gasteiger charge is 2.55. The van der Waals surface area contributed by atoms with Crippen molar-refractivity contribution in [2.45, 2.75) is 31.3 Å². The Balaban J connectivity index is 1.69. The van der Waals surface area contributed by atoms with Gasteiger partial charge in [-0.05, 0) is 36.6 Å². The molecule has 4 unspecified atom stereocenters. The molecule has 0 N–H and O–H groups in total. The predicted octanol–water partition coefficient (Wildman–Crippen LogP) is 5.49. The standard InChI is InChI=1S/C24H23N/c1-18-17-24-16-8-11-20(24)14-15-22(19-9-4-2-5-10-19)23(24)25(18)21-12-6-3-7-13-21/h2-16,18,22-23H,17H2,1H3. The Hall–Kier alpha value is -2.54. The number of hydrogen-bond acceptors (Lipinski definition) is 1. The van der Waals surface area contributed by atoms with E-state index >= 15 is 0 Å². The van der Waals surface area contributed by atoms with Crippen LogP contribution in [0.4, 0.5) is 5.69 Å². The molecule has 2 aromatic carbocycles. The minimum absolute atomic E-state index is 0.143. The van der Waals surface area contributed by atoms with Gasteiger partial charge in [-0.3, -0.25) is 0 Å². The van der Waals surface area contributed by atoms with Crippen LogP contribution in [0.3, 0.4) is 0 Å². The minimum Gasteiger partial charge on any atom is -0.364 e. The predicted molar refractivity (Wildman–Crippen MR) is 105 cm³/mol. The highest BCUT2D eigenvalue weighted by Crippen LogP contribution is 2.57. The van der Waals surface area contributed by atoms with Crippen LogP contribution < -0.4 is 4.90 Å². The second-order valence-corrected chi connectivity index (χ2v) is 7.56. The molecule has 5 rings (SSSR count). The Bertz CT molecular complexity index is 861. The molecule has 1 aliphatic heterocycles. The lowest BCUT2D eigenvalue weighted by molar-refractivity contribution is 0.384. The number of rotatable bonds is 2. The first kappa shape index (κ1) is 14.8. The lowest BCUT2D eigenvalue weighted by atomic mass is 9.66. The average Bonchev–Trinajstić information content (AvgIpc) is 3.20. The van der Waals surface area contributed by atoms with Gasteiger partial charge in [0.25, 0.3) is 0 Å². The fourth-order valence-electron chi connectivity index (χ4n) is 5.26. The first-order chi connectivity index (χ1) is 12.3. The monoisotopic (exact) mass is 325 g/mol. The van der Waals surface area contributed by atoms with Crippen LogP contribution in [-0.4, -0.2) is 12.1 Å². The van der Waals surface area contributed by atoms with Crippen molar-refractivity contribution >= 4 is 5.69 Å². The maximum absolute atomic E-state index is 2.67. The number of allylic oxidation sites excluding steroid dienone is 3. The van der Waals surface area contributed by atoms with Crippen molar-refractivity contribution in [2.24, 2.45) is 5.41 Å². The van der Waals surface area contributed by atoms with Gasteiger partial charge in [0.1, 0.15) is 0 Å². The van der Waals surface area contributed by atoms with Gasteiger partial charge >= 0.3 is 0 Å². The molecular formula is C24H23N. The lowest BCUT2D eigenvalue weighted by Gasteiger charge is -2.44. The van der Waals surface area contributed by atoms with E-state index in [0.717, 1.165) is 0 Å². The molecule has 0 amide bonds. The second kappa shape index (κ2) is 5.49. The summed E-state index contributed by atoms with van der Waals surface area (Å²) in [6.07, 6.45) is 13.0. The number of anilines is 1. The van der Waals surface area contributed by atoms with Crippen LogP contribution in [0.1, 0.15) is 24.8 Å². The molecule has 3 aliphatic rings. The second-order valence-electron chi connectivity index (χ2n) is 7.56. The van der Waals surface area contributed by atoms with E-state index in [1.165, 1.54) is 23.2 Å². The van der Waals surface area contributed by atoms with E-state index in [9.17, 15) is 0 Å². The van der Waals surface area contributed by atoms with Crippen LogP contribution in [0.25, 0.3) is 0 Å². The van der Waals surface area contributed by atoms with Crippen molar-refractivity contribution < 1.29 is 0 Å². The molecule has 1 spiro atoms. The zero-order valence-corrected chi connectivity index (χ0v) is 14.5. The molecule has 0 aromatic heterocycles. The van der Waals surface area contributed by atoms with Crippen molar-refractivity contribution in [3.05, 3.63) is 102 Å². The quantitative estimate of drug-likeness (QED) is 0.705. The van der Waals surface area contributed by atoms with Gasteiger partial charge in [0.05, 0.1) is 6.04 Å². The van der Waals surface area contributed by atoms with Crippen molar-refractivity contribution in [3.8, 4) is 0 Å². The van der Waals surface area contributed by atoms with Crippen LogP contribution in [0, 0.1) is 5.41 Å². The third-order valence-corrected chi connectivity index (χ3v) is 6.20. The fourth-order valence-corrected chi connectivity index (χ4v) is 5.26. The van der Waals surface area contributed by atoms with Gasteiger partial charge < -0.3 is 4.90 Å². The minimum atomic E-state index is 0.143. The Kier molecular flexibility index (Phi) is 3.24. The van der Waals surface area contributed by atoms with Crippen molar-refractivity contribution in [3.63, 3.8) is 0 Å². The lowest BCUT2D eigenvalue weighted by Crippen LogP contribution is -2.46. The molecule has 4 atom stereocenters. The molecule has 1 nitrogen and oxygen atoms in total. The van der Waals surface area contributed by atoms with Gasteiger partial charge in [0, 0.05) is 23.1 Å². The Morgan fingerprint density at radius 2 is 1.68 bits per heavy atom. The summed E-state index contributed by atoms with van der Waals surface area (Å²) in [4.78, 5) is 2.67. The zero-order valence-electron chi connectivity index (χ0n) is 14.5. The molecule has 0 bridgehead atoms. The number of para-hydroxylation sites is 1. The van der Waals surface area contributed by atoms with Crippen LogP contribution in [-0.2, 0) is 0 Å². The average molecular weight is 325 g/mol. The maximum Gasteiger partial charge on any atom is 0.0528 e. The van der Waals surface area contributed by atoms with E-state index in [4.69, 9.17) is 0 Å². The van der Waals surface area contributed by atoms with Crippen molar-refractivity contribution in [1.29, 1.82) is 0 Å². The van der Waals surface area contributed by atoms with Crippen LogP contribution >= 0.6 is 0 Å². The first-order valence-electron chi connectivity index (χ1n) is 9.26. The maximum atomic E-state index is 2.67. The molecule has 0 radical (unpaired) electrons. The topological polar surface area (TPSA) is 3.24 Å². The number of hydrogen-bond donors (Lipinski definition) is 0. The molecule has 1 fully saturated rings. The van der Waals surface area contributed by atoms with Crippen molar-refractivity contribution in [2.75, 3.05) is 4.90 Å². The summed E-state index contributed by atoms with van der Waals surface area (Å²) in [5, 5.41) is 0. The number of nitrogens with zero attached hydrogens (tertiary/aromatic N) is 1. The summed E-state index contributed by atoms with van der Waals surface area (Å²) < 4.78 is 0. The van der Waals surface area contributed by atoms with Gasteiger partial charge in [-0.15, -0.1) is 0 Å². The van der Waals surface area contributed by atoms with E-state index in [1.807, 2.05) is 0 Å². The number of benzene rings is 2. The Labute approximate surface area is 150 Å². The van der Waals surface area contributed by atoms with Gasteiger partial charge in [-0.25, -0.2) is 0 Å². The highest BCUT2D eigenvalue weighted by molar-refractivity contribution is 5.60. The van der Waals surface area contributed by atoms with Crippen LogP contribution in [0.5, 0.6) is 0 Å². The molecule has 0 saturated carbocycles. The van der Waals surface area contributed by atoms with Gasteiger partial charge in [0.15, 0.2) is 0 Å². The van der Waals surface area contributed by atoms with Crippen LogP contribution in [0.15, 0.2) is 96.6 Å².